The number of imidazole rings is 1. The van der Waals surface area contributed by atoms with Gasteiger partial charge in [0.15, 0.2) is 0 Å². The van der Waals surface area contributed by atoms with E-state index in [-0.39, 0.29) is 24.0 Å². The van der Waals surface area contributed by atoms with Gasteiger partial charge >= 0.3 is 0 Å². The van der Waals surface area contributed by atoms with Crippen LogP contribution in [0.15, 0.2) is 43.0 Å². The highest BCUT2D eigenvalue weighted by Crippen LogP contribution is 2.21. The van der Waals surface area contributed by atoms with E-state index in [1.54, 1.807) is 0 Å². The summed E-state index contributed by atoms with van der Waals surface area (Å²) in [5, 5.41) is 0. The molecule has 24 heavy (non-hydrogen) atoms. The second-order valence-electron chi connectivity index (χ2n) is 6.72. The van der Waals surface area contributed by atoms with Crippen LogP contribution in [0.3, 0.4) is 0 Å². The van der Waals surface area contributed by atoms with E-state index in [1.165, 1.54) is 44.8 Å². The first kappa shape index (κ1) is 18.7. The maximum Gasteiger partial charge on any atom is 0.254 e. The van der Waals surface area contributed by atoms with Crippen LogP contribution in [0, 0.1) is 41.5 Å². The van der Waals surface area contributed by atoms with Gasteiger partial charge in [-0.3, -0.25) is 0 Å². The molecular formula is C21H25IN2. The Balaban J connectivity index is 0.00000208. The molecule has 0 amide bonds. The number of hydrogen-bond donors (Lipinski definition) is 0. The van der Waals surface area contributed by atoms with Gasteiger partial charge in [0.25, 0.3) is 6.33 Å². The molecule has 0 aliphatic rings. The third-order valence-corrected chi connectivity index (χ3v) is 4.42. The van der Waals surface area contributed by atoms with Crippen molar-refractivity contribution in [2.24, 2.45) is 0 Å². The quantitative estimate of drug-likeness (QED) is 0.430. The Morgan fingerprint density at radius 1 is 0.708 bits per heavy atom. The maximum atomic E-state index is 2.25. The summed E-state index contributed by atoms with van der Waals surface area (Å²) in [5.74, 6) is 0. The molecule has 0 saturated carbocycles. The van der Waals surface area contributed by atoms with Gasteiger partial charge in [-0.15, -0.1) is 0 Å². The van der Waals surface area contributed by atoms with Crippen LogP contribution in [-0.2, 0) is 0 Å². The predicted octanol–water partition coefficient (Wildman–Crippen LogP) is 1.61. The molecule has 0 bridgehead atoms. The second-order valence-corrected chi connectivity index (χ2v) is 6.72. The van der Waals surface area contributed by atoms with Crippen LogP contribution < -0.4 is 28.5 Å². The Morgan fingerprint density at radius 2 is 1.17 bits per heavy atom. The van der Waals surface area contributed by atoms with Gasteiger partial charge in [-0.1, -0.05) is 35.4 Å². The summed E-state index contributed by atoms with van der Waals surface area (Å²) in [5.41, 5.74) is 10.4. The average molecular weight is 432 g/mol. The fourth-order valence-electron chi connectivity index (χ4n) is 3.78. The summed E-state index contributed by atoms with van der Waals surface area (Å²) in [6.45, 7) is 13.0. The normalized spacial score (nSPS) is 10.6. The topological polar surface area (TPSA) is 8.81 Å². The minimum Gasteiger partial charge on any atom is -1.00 e. The van der Waals surface area contributed by atoms with Crippen LogP contribution in [0.25, 0.3) is 11.4 Å². The van der Waals surface area contributed by atoms with E-state index in [1.807, 2.05) is 0 Å². The maximum absolute atomic E-state index is 2.25. The second kappa shape index (κ2) is 7.09. The van der Waals surface area contributed by atoms with Crippen molar-refractivity contribution in [3.8, 4) is 11.4 Å². The van der Waals surface area contributed by atoms with Crippen molar-refractivity contribution in [1.29, 1.82) is 0 Å². The van der Waals surface area contributed by atoms with Crippen molar-refractivity contribution < 1.29 is 28.5 Å². The summed E-state index contributed by atoms with van der Waals surface area (Å²) >= 11 is 0. The molecule has 0 saturated heterocycles. The minimum atomic E-state index is 0. The van der Waals surface area contributed by atoms with Gasteiger partial charge in [-0.05, 0) is 63.8 Å². The zero-order valence-electron chi connectivity index (χ0n) is 15.3. The van der Waals surface area contributed by atoms with Gasteiger partial charge in [0, 0.05) is 0 Å². The smallest absolute Gasteiger partial charge is 0.254 e. The van der Waals surface area contributed by atoms with Crippen molar-refractivity contribution >= 4 is 0 Å². The Kier molecular flexibility index (Phi) is 5.53. The van der Waals surface area contributed by atoms with Crippen LogP contribution >= 0.6 is 0 Å². The van der Waals surface area contributed by atoms with Gasteiger partial charge in [0.05, 0.1) is 0 Å². The number of nitrogens with zero attached hydrogens (tertiary/aromatic N) is 2. The molecule has 0 radical (unpaired) electrons. The molecule has 0 unspecified atom stereocenters. The SMILES string of the molecule is Cc1cc(C)c(-n2cc[n+](-c3c(C)cc(C)cc3C)c2)c(C)c1.[I-]. The summed E-state index contributed by atoms with van der Waals surface area (Å²) in [7, 11) is 0. The lowest BCUT2D eigenvalue weighted by Gasteiger charge is -2.08. The standard InChI is InChI=1S/C21H25N2.HI/c1-14-9-16(3)20(17(4)10-14)22-7-8-23(13-22)21-18(5)11-15(2)12-19(21)6;/h7-13H,1-6H3;1H/q+1;/p-1. The van der Waals surface area contributed by atoms with E-state index in [0.717, 1.165) is 0 Å². The van der Waals surface area contributed by atoms with Crippen molar-refractivity contribution in [2.75, 3.05) is 0 Å². The van der Waals surface area contributed by atoms with Crippen molar-refractivity contribution in [3.63, 3.8) is 0 Å². The van der Waals surface area contributed by atoms with Crippen molar-refractivity contribution in [3.05, 3.63) is 76.4 Å². The van der Waals surface area contributed by atoms with Crippen molar-refractivity contribution in [2.45, 2.75) is 41.5 Å². The fourth-order valence-corrected chi connectivity index (χ4v) is 3.78. The van der Waals surface area contributed by atoms with Crippen LogP contribution in [0.2, 0.25) is 0 Å². The molecule has 3 aromatic rings. The Labute approximate surface area is 162 Å². The first-order chi connectivity index (χ1) is 10.9. The van der Waals surface area contributed by atoms with E-state index < -0.39 is 0 Å². The van der Waals surface area contributed by atoms with Gasteiger partial charge in [-0.25, -0.2) is 9.13 Å². The first-order valence-electron chi connectivity index (χ1n) is 8.12. The molecule has 0 N–H and O–H groups in total. The van der Waals surface area contributed by atoms with E-state index in [0.29, 0.717) is 0 Å². The number of benzene rings is 2. The summed E-state index contributed by atoms with van der Waals surface area (Å²) in [6.07, 6.45) is 6.46. The molecule has 3 heteroatoms. The fraction of sp³-hybridized carbons (Fsp3) is 0.286. The molecule has 0 aliphatic heterocycles. The number of aryl methyl sites for hydroxylation is 6. The monoisotopic (exact) mass is 432 g/mol. The van der Waals surface area contributed by atoms with E-state index in [9.17, 15) is 0 Å². The minimum absolute atomic E-state index is 0. The van der Waals surface area contributed by atoms with Crippen LogP contribution in [0.5, 0.6) is 0 Å². The lowest BCUT2D eigenvalue weighted by Crippen LogP contribution is -3.00. The zero-order chi connectivity index (χ0) is 16.7. The molecule has 0 fully saturated rings. The summed E-state index contributed by atoms with van der Waals surface area (Å²) < 4.78 is 4.45. The van der Waals surface area contributed by atoms with Crippen molar-refractivity contribution in [1.82, 2.24) is 4.57 Å². The Bertz CT molecular complexity index is 773. The molecule has 1 heterocycles. The highest BCUT2D eigenvalue weighted by Gasteiger charge is 2.16. The third kappa shape index (κ3) is 3.41. The third-order valence-electron chi connectivity index (χ3n) is 4.42. The summed E-state index contributed by atoms with van der Waals surface area (Å²) in [6, 6.07) is 8.98. The lowest BCUT2D eigenvalue weighted by molar-refractivity contribution is -0.595. The molecule has 2 nitrogen and oxygen atoms in total. The van der Waals surface area contributed by atoms with E-state index in [2.05, 4.69) is 93.7 Å². The number of aromatic nitrogens is 2. The van der Waals surface area contributed by atoms with Gasteiger partial charge < -0.3 is 24.0 Å². The van der Waals surface area contributed by atoms with Gasteiger partial charge in [-0.2, -0.15) is 0 Å². The molecule has 3 rings (SSSR count). The zero-order valence-corrected chi connectivity index (χ0v) is 17.5. The first-order valence-corrected chi connectivity index (χ1v) is 8.12. The molecular weight excluding hydrogens is 407 g/mol. The summed E-state index contributed by atoms with van der Waals surface area (Å²) in [4.78, 5) is 0. The van der Waals surface area contributed by atoms with Crippen LogP contribution in [0.1, 0.15) is 33.4 Å². The molecule has 0 atom stereocenters. The predicted molar refractivity (Wildman–Crippen MR) is 95.7 cm³/mol. The van der Waals surface area contributed by atoms with Crippen LogP contribution in [-0.4, -0.2) is 4.57 Å². The Morgan fingerprint density at radius 3 is 1.67 bits per heavy atom. The molecule has 2 aromatic carbocycles. The van der Waals surface area contributed by atoms with E-state index in [4.69, 9.17) is 0 Å². The lowest BCUT2D eigenvalue weighted by atomic mass is 10.0. The highest BCUT2D eigenvalue weighted by atomic mass is 127. The van der Waals surface area contributed by atoms with Gasteiger partial charge in [0.2, 0.25) is 0 Å². The largest absolute Gasteiger partial charge is 1.00 e. The van der Waals surface area contributed by atoms with Gasteiger partial charge in [0.1, 0.15) is 23.8 Å². The highest BCUT2D eigenvalue weighted by molar-refractivity contribution is 5.49. The van der Waals surface area contributed by atoms with Crippen LogP contribution in [0.4, 0.5) is 0 Å². The number of rotatable bonds is 2. The number of hydrogen-bond acceptors (Lipinski definition) is 0. The molecule has 0 aliphatic carbocycles. The van der Waals surface area contributed by atoms with E-state index >= 15 is 0 Å². The number of halogens is 1. The molecule has 126 valence electrons. The molecule has 0 spiro atoms. The average Bonchev–Trinajstić information content (AvgIpc) is 2.85. The Hall–Kier alpha value is -1.62. The molecule has 1 aromatic heterocycles.